The molecule has 0 saturated carbocycles. The van der Waals surface area contributed by atoms with Gasteiger partial charge >= 0.3 is 0 Å². The first-order valence-corrected chi connectivity index (χ1v) is 4.85. The molecule has 0 amide bonds. The van der Waals surface area contributed by atoms with Gasteiger partial charge < -0.3 is 5.73 Å². The lowest BCUT2D eigenvalue weighted by Crippen LogP contribution is -2.07. The van der Waals surface area contributed by atoms with Gasteiger partial charge in [-0.1, -0.05) is 35.9 Å². The first kappa shape index (κ1) is 8.52. The lowest BCUT2D eigenvalue weighted by atomic mass is 9.88. The van der Waals surface area contributed by atoms with Crippen LogP contribution in [-0.2, 0) is 12.8 Å². The largest absolute Gasteiger partial charge is 0.327 e. The van der Waals surface area contributed by atoms with Crippen molar-refractivity contribution in [3.63, 3.8) is 0 Å². The second kappa shape index (κ2) is 3.75. The summed E-state index contributed by atoms with van der Waals surface area (Å²) >= 11 is 0. The van der Waals surface area contributed by atoms with Crippen LogP contribution in [0.3, 0.4) is 0 Å². The summed E-state index contributed by atoms with van der Waals surface area (Å²) in [6, 6.07) is 8.69. The first-order valence-electron chi connectivity index (χ1n) is 4.85. The number of benzene rings is 1. The molecule has 13 heavy (non-hydrogen) atoms. The Hall–Kier alpha value is -1.08. The van der Waals surface area contributed by atoms with Crippen molar-refractivity contribution >= 4 is 0 Å². The molecular formula is C12H15N. The molecule has 0 saturated heterocycles. The van der Waals surface area contributed by atoms with Crippen LogP contribution in [0, 0.1) is 0 Å². The second-order valence-electron chi connectivity index (χ2n) is 3.54. The van der Waals surface area contributed by atoms with Crippen LogP contribution >= 0.6 is 0 Å². The van der Waals surface area contributed by atoms with E-state index < -0.39 is 0 Å². The Balaban J connectivity index is 2.24. The Morgan fingerprint density at radius 3 is 2.69 bits per heavy atom. The molecule has 1 heteroatoms. The Morgan fingerprint density at radius 2 is 1.92 bits per heavy atom. The van der Waals surface area contributed by atoms with Gasteiger partial charge in [0.2, 0.25) is 0 Å². The van der Waals surface area contributed by atoms with Crippen LogP contribution < -0.4 is 5.73 Å². The minimum Gasteiger partial charge on any atom is -0.327 e. The van der Waals surface area contributed by atoms with Crippen LogP contribution in [-0.4, -0.2) is 6.54 Å². The number of allylic oxidation sites excluding steroid dienone is 1. The molecule has 0 spiro atoms. The van der Waals surface area contributed by atoms with Gasteiger partial charge in [-0.3, -0.25) is 0 Å². The zero-order valence-electron chi connectivity index (χ0n) is 7.79. The molecular weight excluding hydrogens is 158 g/mol. The van der Waals surface area contributed by atoms with Crippen LogP contribution in [0.25, 0.3) is 0 Å². The quantitative estimate of drug-likeness (QED) is 0.646. The van der Waals surface area contributed by atoms with Crippen LogP contribution in [0.1, 0.15) is 17.5 Å². The molecule has 0 heterocycles. The predicted molar refractivity (Wildman–Crippen MR) is 55.6 cm³/mol. The molecule has 0 aliphatic heterocycles. The normalized spacial score (nSPS) is 18.7. The number of hydrogen-bond donors (Lipinski definition) is 1. The molecule has 2 rings (SSSR count). The van der Waals surface area contributed by atoms with Crippen molar-refractivity contribution in [1.29, 1.82) is 0 Å². The summed E-state index contributed by atoms with van der Waals surface area (Å²) in [6.07, 6.45) is 5.64. The van der Waals surface area contributed by atoms with E-state index in [1.807, 2.05) is 0 Å². The van der Waals surface area contributed by atoms with E-state index >= 15 is 0 Å². The number of nitrogens with two attached hydrogens (primary N) is 1. The van der Waals surface area contributed by atoms with Gasteiger partial charge in [-0.15, -0.1) is 0 Å². The molecule has 1 aliphatic rings. The molecule has 0 unspecified atom stereocenters. The molecule has 0 radical (unpaired) electrons. The lowest BCUT2D eigenvalue weighted by molar-refractivity contribution is 0.830. The van der Waals surface area contributed by atoms with E-state index in [-0.39, 0.29) is 0 Å². The highest BCUT2D eigenvalue weighted by Crippen LogP contribution is 2.24. The second-order valence-corrected chi connectivity index (χ2v) is 3.54. The highest BCUT2D eigenvalue weighted by atomic mass is 14.5. The topological polar surface area (TPSA) is 26.0 Å². The van der Waals surface area contributed by atoms with Gasteiger partial charge in [-0.05, 0) is 30.4 Å². The monoisotopic (exact) mass is 173 g/mol. The van der Waals surface area contributed by atoms with Crippen molar-refractivity contribution in [3.8, 4) is 0 Å². The molecule has 1 nitrogen and oxygen atoms in total. The summed E-state index contributed by atoms with van der Waals surface area (Å²) < 4.78 is 0. The standard InChI is InChI=1S/C12H15N/c13-8-7-10-5-6-11-3-1-2-4-12(11)9-10/h1-4,7H,5-6,8-9,13H2/b10-7-. The number of aryl methyl sites for hydroxylation is 1. The zero-order chi connectivity index (χ0) is 9.10. The maximum absolute atomic E-state index is 5.50. The highest BCUT2D eigenvalue weighted by molar-refractivity contribution is 5.35. The molecule has 1 aromatic rings. The van der Waals surface area contributed by atoms with Gasteiger partial charge in [0.15, 0.2) is 0 Å². The average molecular weight is 173 g/mol. The van der Waals surface area contributed by atoms with Crippen molar-refractivity contribution in [1.82, 2.24) is 0 Å². The summed E-state index contributed by atoms with van der Waals surface area (Å²) in [4.78, 5) is 0. The fraction of sp³-hybridized carbons (Fsp3) is 0.333. The van der Waals surface area contributed by atoms with Gasteiger partial charge in [0.05, 0.1) is 0 Å². The number of rotatable bonds is 1. The van der Waals surface area contributed by atoms with E-state index in [0.29, 0.717) is 6.54 Å². The first-order chi connectivity index (χ1) is 6.40. The summed E-state index contributed by atoms with van der Waals surface area (Å²) in [5.41, 5.74) is 9.99. The van der Waals surface area contributed by atoms with Crippen LogP contribution in [0.2, 0.25) is 0 Å². The third-order valence-electron chi connectivity index (χ3n) is 2.66. The minimum atomic E-state index is 0.678. The van der Waals surface area contributed by atoms with E-state index in [4.69, 9.17) is 5.73 Å². The van der Waals surface area contributed by atoms with Gasteiger partial charge in [0, 0.05) is 6.54 Å². The van der Waals surface area contributed by atoms with Crippen molar-refractivity contribution in [2.75, 3.05) is 6.54 Å². The maximum atomic E-state index is 5.50. The average Bonchev–Trinajstić information content (AvgIpc) is 2.18. The molecule has 1 aliphatic carbocycles. The molecule has 0 atom stereocenters. The van der Waals surface area contributed by atoms with Crippen molar-refractivity contribution in [3.05, 3.63) is 47.0 Å². The maximum Gasteiger partial charge on any atom is 0.0109 e. The predicted octanol–water partition coefficient (Wildman–Crippen LogP) is 2.06. The van der Waals surface area contributed by atoms with Crippen molar-refractivity contribution in [2.24, 2.45) is 5.73 Å². The number of hydrogen-bond acceptors (Lipinski definition) is 1. The Bertz CT molecular complexity index is 326. The molecule has 1 aromatic carbocycles. The van der Waals surface area contributed by atoms with Crippen LogP contribution in [0.4, 0.5) is 0 Å². The fourth-order valence-electron chi connectivity index (χ4n) is 1.94. The Labute approximate surface area is 79.3 Å². The van der Waals surface area contributed by atoms with Crippen LogP contribution in [0.5, 0.6) is 0 Å². The number of fused-ring (bicyclic) bond motifs is 1. The Morgan fingerprint density at radius 1 is 1.15 bits per heavy atom. The lowest BCUT2D eigenvalue weighted by Gasteiger charge is -2.18. The third-order valence-corrected chi connectivity index (χ3v) is 2.66. The van der Waals surface area contributed by atoms with E-state index in [1.54, 1.807) is 0 Å². The molecule has 68 valence electrons. The van der Waals surface area contributed by atoms with E-state index in [2.05, 4.69) is 30.3 Å². The molecule has 0 bridgehead atoms. The van der Waals surface area contributed by atoms with Gasteiger partial charge in [-0.25, -0.2) is 0 Å². The summed E-state index contributed by atoms with van der Waals surface area (Å²) in [7, 11) is 0. The summed E-state index contributed by atoms with van der Waals surface area (Å²) in [6.45, 7) is 0.678. The Kier molecular flexibility index (Phi) is 2.46. The van der Waals surface area contributed by atoms with Gasteiger partial charge in [0.25, 0.3) is 0 Å². The third kappa shape index (κ3) is 1.81. The minimum absolute atomic E-state index is 0.678. The van der Waals surface area contributed by atoms with Crippen LogP contribution in [0.15, 0.2) is 35.9 Å². The molecule has 2 N–H and O–H groups in total. The molecule has 0 fully saturated rings. The highest BCUT2D eigenvalue weighted by Gasteiger charge is 2.10. The van der Waals surface area contributed by atoms with Gasteiger partial charge in [-0.2, -0.15) is 0 Å². The summed E-state index contributed by atoms with van der Waals surface area (Å²) in [5, 5.41) is 0. The SMILES string of the molecule is NC/C=C1/CCc2ccccc2C1. The van der Waals surface area contributed by atoms with E-state index in [9.17, 15) is 0 Å². The summed E-state index contributed by atoms with van der Waals surface area (Å²) in [5.74, 6) is 0. The van der Waals surface area contributed by atoms with E-state index in [0.717, 1.165) is 6.42 Å². The van der Waals surface area contributed by atoms with Crippen molar-refractivity contribution < 1.29 is 0 Å². The smallest absolute Gasteiger partial charge is 0.0109 e. The zero-order valence-corrected chi connectivity index (χ0v) is 7.79. The molecule has 0 aromatic heterocycles. The fourth-order valence-corrected chi connectivity index (χ4v) is 1.94. The van der Waals surface area contributed by atoms with Gasteiger partial charge in [0.1, 0.15) is 0 Å². The van der Waals surface area contributed by atoms with Crippen molar-refractivity contribution in [2.45, 2.75) is 19.3 Å². The van der Waals surface area contributed by atoms with E-state index in [1.165, 1.54) is 29.5 Å².